The minimum Gasteiger partial charge on any atom is -0.425 e. The lowest BCUT2D eigenvalue weighted by atomic mass is 10.0. The van der Waals surface area contributed by atoms with Gasteiger partial charge in [0.15, 0.2) is 0 Å². The van der Waals surface area contributed by atoms with Gasteiger partial charge >= 0.3 is 0 Å². The van der Waals surface area contributed by atoms with Crippen LogP contribution in [0, 0.1) is 0 Å². The van der Waals surface area contributed by atoms with Gasteiger partial charge < -0.3 is 9.32 Å². The second-order valence-electron chi connectivity index (χ2n) is 7.50. The molecule has 2 aromatic heterocycles. The minimum atomic E-state index is 0.0553. The van der Waals surface area contributed by atoms with Crippen LogP contribution >= 0.6 is 0 Å². The van der Waals surface area contributed by atoms with E-state index < -0.39 is 0 Å². The van der Waals surface area contributed by atoms with Gasteiger partial charge in [0, 0.05) is 32.6 Å². The molecule has 7 heteroatoms. The first-order valence-corrected chi connectivity index (χ1v) is 10.3. The Bertz CT molecular complexity index is 1090. The topological polar surface area (TPSA) is 87.9 Å². The summed E-state index contributed by atoms with van der Waals surface area (Å²) in [5.74, 6) is 1.11. The van der Waals surface area contributed by atoms with Crippen LogP contribution in [0.4, 0.5) is 0 Å². The first-order valence-electron chi connectivity index (χ1n) is 10.3. The highest BCUT2D eigenvalue weighted by Crippen LogP contribution is 2.20. The Labute approximate surface area is 181 Å². The van der Waals surface area contributed by atoms with E-state index >= 15 is 0 Å². The largest absolute Gasteiger partial charge is 0.425 e. The van der Waals surface area contributed by atoms with Crippen LogP contribution in [0.25, 0.3) is 11.1 Å². The van der Waals surface area contributed by atoms with Gasteiger partial charge in [-0.05, 0) is 28.7 Å². The molecular weight excluding hydrogens is 390 g/mol. The average Bonchev–Trinajstić information content (AvgIpc) is 3.49. The predicted molar refractivity (Wildman–Crippen MR) is 117 cm³/mol. The van der Waals surface area contributed by atoms with Gasteiger partial charge in [0.1, 0.15) is 0 Å². The fourth-order valence-electron chi connectivity index (χ4n) is 3.32. The van der Waals surface area contributed by atoms with E-state index in [9.17, 15) is 4.79 Å². The number of nitrogens with zero attached hydrogens (tertiary/aromatic N) is 4. The van der Waals surface area contributed by atoms with Gasteiger partial charge in [0.2, 0.25) is 17.7 Å². The lowest BCUT2D eigenvalue weighted by Gasteiger charge is -2.16. The Morgan fingerprint density at radius 2 is 1.68 bits per heavy atom. The molecule has 0 saturated heterocycles. The highest BCUT2D eigenvalue weighted by Gasteiger charge is 2.13. The summed E-state index contributed by atoms with van der Waals surface area (Å²) < 4.78 is 5.75. The van der Waals surface area contributed by atoms with Crippen LogP contribution in [-0.4, -0.2) is 44.8 Å². The van der Waals surface area contributed by atoms with E-state index in [0.29, 0.717) is 37.6 Å². The summed E-state index contributed by atoms with van der Waals surface area (Å²) in [6.45, 7) is 0.645. The number of carbonyl (C=O) groups excluding carboxylic acids is 1. The molecule has 4 aromatic rings. The number of amides is 1. The van der Waals surface area contributed by atoms with Crippen molar-refractivity contribution in [3.05, 3.63) is 89.9 Å². The molecule has 1 N–H and O–H groups in total. The van der Waals surface area contributed by atoms with E-state index in [4.69, 9.17) is 4.42 Å². The molecule has 0 aliphatic heterocycles. The molecule has 2 aromatic carbocycles. The van der Waals surface area contributed by atoms with Gasteiger partial charge in [0.05, 0.1) is 12.6 Å². The Morgan fingerprint density at radius 1 is 0.935 bits per heavy atom. The fourth-order valence-corrected chi connectivity index (χ4v) is 3.32. The van der Waals surface area contributed by atoms with Crippen LogP contribution in [0.2, 0.25) is 0 Å². The number of hydrogen-bond donors (Lipinski definition) is 1. The molecule has 4 rings (SSSR count). The third kappa shape index (κ3) is 5.66. The van der Waals surface area contributed by atoms with E-state index in [1.54, 1.807) is 18.1 Å². The number of carbonyl (C=O) groups is 1. The summed E-state index contributed by atoms with van der Waals surface area (Å²) in [5, 5.41) is 14.9. The summed E-state index contributed by atoms with van der Waals surface area (Å²) in [6, 6.07) is 18.6. The van der Waals surface area contributed by atoms with E-state index in [2.05, 4.69) is 56.8 Å². The Kier molecular flexibility index (Phi) is 6.52. The predicted octanol–water partition coefficient (Wildman–Crippen LogP) is 3.68. The normalized spacial score (nSPS) is 10.9. The first kappa shape index (κ1) is 20.5. The quantitative estimate of drug-likeness (QED) is 0.450. The minimum absolute atomic E-state index is 0.0553. The third-order valence-corrected chi connectivity index (χ3v) is 5.19. The molecule has 0 radical (unpaired) electrons. The molecule has 0 fully saturated rings. The summed E-state index contributed by atoms with van der Waals surface area (Å²) in [6.07, 6.45) is 5.73. The van der Waals surface area contributed by atoms with Crippen molar-refractivity contribution >= 4 is 5.91 Å². The maximum absolute atomic E-state index is 12.3. The Hall–Kier alpha value is -3.74. The summed E-state index contributed by atoms with van der Waals surface area (Å²) in [5.41, 5.74) is 4.54. The molecule has 0 bridgehead atoms. The standard InChI is InChI=1S/C24H25N5O2/c1-29(14-13-19-16-25-26-17-19)24(30)12-11-22-27-28-23(31-22)15-18-7-9-21(10-8-18)20-5-3-2-4-6-20/h2-10,16-17H,11-15H2,1H3,(H,25,26). The molecule has 31 heavy (non-hydrogen) atoms. The number of aromatic amines is 1. The van der Waals surface area contributed by atoms with Crippen LogP contribution in [0.15, 0.2) is 71.4 Å². The van der Waals surface area contributed by atoms with E-state index in [1.165, 1.54) is 11.1 Å². The Balaban J connectivity index is 1.26. The molecule has 7 nitrogen and oxygen atoms in total. The highest BCUT2D eigenvalue weighted by atomic mass is 16.4. The van der Waals surface area contributed by atoms with E-state index in [0.717, 1.165) is 17.5 Å². The molecule has 0 spiro atoms. The van der Waals surface area contributed by atoms with Crippen molar-refractivity contribution < 1.29 is 9.21 Å². The van der Waals surface area contributed by atoms with Gasteiger partial charge in [-0.3, -0.25) is 9.89 Å². The van der Waals surface area contributed by atoms with Crippen molar-refractivity contribution in [3.63, 3.8) is 0 Å². The summed E-state index contributed by atoms with van der Waals surface area (Å²) >= 11 is 0. The van der Waals surface area contributed by atoms with E-state index in [-0.39, 0.29) is 5.91 Å². The van der Waals surface area contributed by atoms with Gasteiger partial charge in [-0.15, -0.1) is 10.2 Å². The van der Waals surface area contributed by atoms with E-state index in [1.807, 2.05) is 24.4 Å². The van der Waals surface area contributed by atoms with Crippen molar-refractivity contribution in [1.29, 1.82) is 0 Å². The second-order valence-corrected chi connectivity index (χ2v) is 7.50. The zero-order valence-corrected chi connectivity index (χ0v) is 17.5. The molecule has 0 aliphatic rings. The van der Waals surface area contributed by atoms with Crippen molar-refractivity contribution in [2.24, 2.45) is 0 Å². The lowest BCUT2D eigenvalue weighted by molar-refractivity contribution is -0.129. The third-order valence-electron chi connectivity index (χ3n) is 5.19. The van der Waals surface area contributed by atoms with Crippen LogP contribution in [0.5, 0.6) is 0 Å². The SMILES string of the molecule is CN(CCc1cn[nH]c1)C(=O)CCc1nnc(Cc2ccc(-c3ccccc3)cc2)o1. The molecule has 1 amide bonds. The Morgan fingerprint density at radius 3 is 2.42 bits per heavy atom. The molecular formula is C24H25N5O2. The summed E-state index contributed by atoms with van der Waals surface area (Å²) in [4.78, 5) is 14.1. The van der Waals surface area contributed by atoms with Crippen LogP contribution in [-0.2, 0) is 24.1 Å². The van der Waals surface area contributed by atoms with Gasteiger partial charge in [-0.2, -0.15) is 5.10 Å². The number of likely N-dealkylation sites (N-methyl/N-ethyl adjacent to an activating group) is 1. The summed E-state index contributed by atoms with van der Waals surface area (Å²) in [7, 11) is 1.81. The van der Waals surface area contributed by atoms with Crippen molar-refractivity contribution in [2.75, 3.05) is 13.6 Å². The molecule has 0 unspecified atom stereocenters. The molecule has 158 valence electrons. The van der Waals surface area contributed by atoms with Crippen molar-refractivity contribution in [2.45, 2.75) is 25.7 Å². The van der Waals surface area contributed by atoms with Crippen LogP contribution in [0.3, 0.4) is 0 Å². The van der Waals surface area contributed by atoms with Gasteiger partial charge in [-0.1, -0.05) is 54.6 Å². The zero-order chi connectivity index (χ0) is 21.5. The van der Waals surface area contributed by atoms with Crippen LogP contribution < -0.4 is 0 Å². The average molecular weight is 415 g/mol. The smallest absolute Gasteiger partial charge is 0.222 e. The zero-order valence-electron chi connectivity index (χ0n) is 17.5. The maximum atomic E-state index is 12.3. The maximum Gasteiger partial charge on any atom is 0.222 e. The van der Waals surface area contributed by atoms with Gasteiger partial charge in [-0.25, -0.2) is 0 Å². The monoisotopic (exact) mass is 415 g/mol. The van der Waals surface area contributed by atoms with Crippen molar-refractivity contribution in [1.82, 2.24) is 25.3 Å². The fraction of sp³-hybridized carbons (Fsp3) is 0.250. The number of aryl methyl sites for hydroxylation is 1. The first-order chi connectivity index (χ1) is 15.2. The number of rotatable bonds is 9. The number of H-pyrrole nitrogens is 1. The lowest BCUT2D eigenvalue weighted by Crippen LogP contribution is -2.29. The number of nitrogens with one attached hydrogen (secondary N) is 1. The van der Waals surface area contributed by atoms with Crippen LogP contribution in [0.1, 0.15) is 29.3 Å². The second kappa shape index (κ2) is 9.84. The highest BCUT2D eigenvalue weighted by molar-refractivity contribution is 5.76. The van der Waals surface area contributed by atoms with Crippen molar-refractivity contribution in [3.8, 4) is 11.1 Å². The van der Waals surface area contributed by atoms with Gasteiger partial charge in [0.25, 0.3) is 0 Å². The number of hydrogen-bond acceptors (Lipinski definition) is 5. The molecule has 0 aliphatic carbocycles. The molecule has 2 heterocycles. The molecule has 0 atom stereocenters. The molecule has 0 saturated carbocycles. The number of aromatic nitrogens is 4. The number of benzene rings is 2.